The summed E-state index contributed by atoms with van der Waals surface area (Å²) in [7, 11) is -1.79. The summed E-state index contributed by atoms with van der Waals surface area (Å²) >= 11 is 0. The van der Waals surface area contributed by atoms with E-state index in [1.165, 1.54) is 9.71 Å². The Hall–Kier alpha value is -1.70. The van der Waals surface area contributed by atoms with Crippen molar-refractivity contribution < 1.29 is 17.9 Å². The van der Waals surface area contributed by atoms with Gasteiger partial charge in [-0.1, -0.05) is 30.3 Å². The second-order valence-electron chi connectivity index (χ2n) is 6.42. The van der Waals surface area contributed by atoms with Gasteiger partial charge in [-0.05, 0) is 37.3 Å². The van der Waals surface area contributed by atoms with Gasteiger partial charge in [0.05, 0.1) is 0 Å². The van der Waals surface area contributed by atoms with Gasteiger partial charge in [0, 0.05) is 44.7 Å². The highest BCUT2D eigenvalue weighted by Gasteiger charge is 2.29. The molecule has 144 valence electrons. The number of nitrogens with zero attached hydrogens (tertiary/aromatic N) is 1. The number of amides is 1. The average molecular weight is 381 g/mol. The molecule has 1 heterocycles. The van der Waals surface area contributed by atoms with Crippen LogP contribution in [0.2, 0.25) is 0 Å². The normalized spacial score (nSPS) is 16.8. The van der Waals surface area contributed by atoms with Crippen molar-refractivity contribution in [3.05, 3.63) is 41.3 Å². The minimum Gasteiger partial charge on any atom is -0.385 e. The fraction of sp³-hybridized carbons (Fsp3) is 0.526. The number of unbranched alkanes of at least 4 members (excludes halogenated alkanes) is 1. The summed E-state index contributed by atoms with van der Waals surface area (Å²) < 4.78 is 31.3. The van der Waals surface area contributed by atoms with Gasteiger partial charge in [-0.3, -0.25) is 4.79 Å². The molecule has 0 radical (unpaired) electrons. The van der Waals surface area contributed by atoms with E-state index in [1.807, 2.05) is 30.3 Å². The van der Waals surface area contributed by atoms with Crippen LogP contribution in [0.5, 0.6) is 0 Å². The zero-order valence-electron chi connectivity index (χ0n) is 15.3. The molecule has 1 aromatic rings. The summed E-state index contributed by atoms with van der Waals surface area (Å²) in [5, 5.41) is 4.18. The van der Waals surface area contributed by atoms with Crippen LogP contribution in [-0.4, -0.2) is 52.0 Å². The van der Waals surface area contributed by atoms with Crippen LogP contribution in [0.4, 0.5) is 0 Å². The van der Waals surface area contributed by atoms with Crippen molar-refractivity contribution in [1.29, 1.82) is 0 Å². The van der Waals surface area contributed by atoms with Gasteiger partial charge in [0.25, 0.3) is 0 Å². The first kappa shape index (κ1) is 20.6. The molecule has 1 amide bonds. The van der Waals surface area contributed by atoms with Crippen molar-refractivity contribution in [2.24, 2.45) is 5.92 Å². The largest absolute Gasteiger partial charge is 0.385 e. The predicted molar refractivity (Wildman–Crippen MR) is 103 cm³/mol. The van der Waals surface area contributed by atoms with E-state index in [2.05, 4.69) is 5.32 Å². The van der Waals surface area contributed by atoms with Crippen LogP contribution in [0.1, 0.15) is 31.2 Å². The second kappa shape index (κ2) is 10.4. The third-order valence-corrected chi connectivity index (χ3v) is 6.06. The SMILES string of the molecule is COCCCCNC(=O)C1CCN(S(=O)(=O)/C=C/c2ccccc2)CC1. The topological polar surface area (TPSA) is 75.7 Å². The van der Waals surface area contributed by atoms with Gasteiger partial charge in [0.1, 0.15) is 0 Å². The summed E-state index contributed by atoms with van der Waals surface area (Å²) in [5.41, 5.74) is 0.846. The molecule has 1 aliphatic heterocycles. The first-order valence-electron chi connectivity index (χ1n) is 9.03. The monoisotopic (exact) mass is 380 g/mol. The van der Waals surface area contributed by atoms with Crippen LogP contribution >= 0.6 is 0 Å². The molecule has 1 aromatic carbocycles. The Morgan fingerprint density at radius 2 is 1.92 bits per heavy atom. The number of hydrogen-bond acceptors (Lipinski definition) is 4. The van der Waals surface area contributed by atoms with Crippen molar-refractivity contribution in [2.75, 3.05) is 33.4 Å². The number of rotatable bonds is 9. The van der Waals surface area contributed by atoms with Crippen molar-refractivity contribution in [3.63, 3.8) is 0 Å². The molecule has 1 aliphatic rings. The average Bonchev–Trinajstić information content (AvgIpc) is 2.67. The van der Waals surface area contributed by atoms with Crippen LogP contribution in [0, 0.1) is 5.92 Å². The summed E-state index contributed by atoms with van der Waals surface area (Å²) in [6, 6.07) is 9.33. The lowest BCUT2D eigenvalue weighted by atomic mass is 9.97. The number of carbonyl (C=O) groups excluding carboxylic acids is 1. The van der Waals surface area contributed by atoms with Gasteiger partial charge in [0.15, 0.2) is 0 Å². The van der Waals surface area contributed by atoms with E-state index < -0.39 is 10.0 Å². The van der Waals surface area contributed by atoms with Gasteiger partial charge in [-0.25, -0.2) is 8.42 Å². The highest BCUT2D eigenvalue weighted by Crippen LogP contribution is 2.21. The zero-order valence-corrected chi connectivity index (χ0v) is 16.1. The van der Waals surface area contributed by atoms with Crippen LogP contribution in [0.3, 0.4) is 0 Å². The van der Waals surface area contributed by atoms with Gasteiger partial charge in [-0.15, -0.1) is 0 Å². The number of piperidine rings is 1. The van der Waals surface area contributed by atoms with Gasteiger partial charge < -0.3 is 10.1 Å². The van der Waals surface area contributed by atoms with Gasteiger partial charge in [-0.2, -0.15) is 4.31 Å². The van der Waals surface area contributed by atoms with Gasteiger partial charge in [0.2, 0.25) is 15.9 Å². The van der Waals surface area contributed by atoms with E-state index in [4.69, 9.17) is 4.74 Å². The molecule has 1 fully saturated rings. The van der Waals surface area contributed by atoms with E-state index >= 15 is 0 Å². The lowest BCUT2D eigenvalue weighted by Gasteiger charge is -2.29. The number of ether oxygens (including phenoxy) is 1. The van der Waals surface area contributed by atoms with Crippen LogP contribution in [0.25, 0.3) is 6.08 Å². The summed E-state index contributed by atoms with van der Waals surface area (Å²) in [6.07, 6.45) is 4.52. The number of benzene rings is 1. The molecule has 0 spiro atoms. The quantitative estimate of drug-likeness (QED) is 0.667. The maximum absolute atomic E-state index is 12.4. The molecule has 0 saturated carbocycles. The second-order valence-corrected chi connectivity index (χ2v) is 8.24. The maximum atomic E-state index is 12.4. The maximum Gasteiger partial charge on any atom is 0.236 e. The minimum absolute atomic E-state index is 0.0271. The molecule has 2 rings (SSSR count). The fourth-order valence-electron chi connectivity index (χ4n) is 2.91. The molecule has 0 bridgehead atoms. The molecular formula is C19H28N2O4S. The Kier molecular flexibility index (Phi) is 8.28. The molecule has 6 nitrogen and oxygen atoms in total. The number of methoxy groups -OCH3 is 1. The van der Waals surface area contributed by atoms with E-state index in [1.54, 1.807) is 13.2 Å². The molecule has 26 heavy (non-hydrogen) atoms. The standard InChI is InChI=1S/C19H28N2O4S/c1-25-15-6-5-12-20-19(22)18-9-13-21(14-10-18)26(23,24)16-11-17-7-3-2-4-8-17/h2-4,7-8,11,16,18H,5-6,9-10,12-15H2,1H3,(H,20,22)/b16-11+. The Balaban J connectivity index is 1.78. The zero-order chi connectivity index (χ0) is 18.8. The van der Waals surface area contributed by atoms with E-state index in [0.717, 1.165) is 18.4 Å². The molecule has 1 saturated heterocycles. The number of carbonyl (C=O) groups is 1. The molecule has 0 aromatic heterocycles. The Bertz CT molecular complexity index is 681. The molecule has 0 atom stereocenters. The Labute approximate surface area is 156 Å². The molecule has 0 unspecified atom stereocenters. The Morgan fingerprint density at radius 3 is 2.58 bits per heavy atom. The summed E-state index contributed by atoms with van der Waals surface area (Å²) in [6.45, 7) is 2.09. The first-order chi connectivity index (χ1) is 12.5. The minimum atomic E-state index is -3.45. The van der Waals surface area contributed by atoms with Crippen molar-refractivity contribution >= 4 is 22.0 Å². The number of hydrogen-bond donors (Lipinski definition) is 1. The fourth-order valence-corrected chi connectivity index (χ4v) is 4.14. The first-order valence-corrected chi connectivity index (χ1v) is 10.5. The number of sulfonamides is 1. The number of nitrogens with one attached hydrogen (secondary N) is 1. The Morgan fingerprint density at radius 1 is 1.23 bits per heavy atom. The predicted octanol–water partition coefficient (Wildman–Crippen LogP) is 2.24. The smallest absolute Gasteiger partial charge is 0.236 e. The summed E-state index contributed by atoms with van der Waals surface area (Å²) in [4.78, 5) is 12.2. The van der Waals surface area contributed by atoms with E-state index in [9.17, 15) is 13.2 Å². The lowest BCUT2D eigenvalue weighted by Crippen LogP contribution is -2.42. The summed E-state index contributed by atoms with van der Waals surface area (Å²) in [5.74, 6) is -0.0822. The molecule has 7 heteroatoms. The molecule has 1 N–H and O–H groups in total. The van der Waals surface area contributed by atoms with E-state index in [-0.39, 0.29) is 11.8 Å². The molecule has 0 aliphatic carbocycles. The van der Waals surface area contributed by atoms with Crippen LogP contribution < -0.4 is 5.32 Å². The van der Waals surface area contributed by atoms with Crippen molar-refractivity contribution in [2.45, 2.75) is 25.7 Å². The van der Waals surface area contributed by atoms with Gasteiger partial charge >= 0.3 is 0 Å². The third kappa shape index (κ3) is 6.55. The van der Waals surface area contributed by atoms with E-state index in [0.29, 0.717) is 39.1 Å². The van der Waals surface area contributed by atoms with Crippen molar-refractivity contribution in [1.82, 2.24) is 9.62 Å². The molecular weight excluding hydrogens is 352 g/mol. The highest BCUT2D eigenvalue weighted by atomic mass is 32.2. The van der Waals surface area contributed by atoms with Crippen molar-refractivity contribution in [3.8, 4) is 0 Å². The highest BCUT2D eigenvalue weighted by molar-refractivity contribution is 7.92. The van der Waals surface area contributed by atoms with Crippen LogP contribution in [0.15, 0.2) is 35.7 Å². The lowest BCUT2D eigenvalue weighted by molar-refractivity contribution is -0.126. The third-order valence-electron chi connectivity index (χ3n) is 4.49. The van der Waals surface area contributed by atoms with Crippen LogP contribution in [-0.2, 0) is 19.6 Å².